The molecule has 0 fully saturated rings. The number of carbonyl (C=O) groups is 2. The van der Waals surface area contributed by atoms with Gasteiger partial charge in [0.05, 0.1) is 12.7 Å². The van der Waals surface area contributed by atoms with Gasteiger partial charge in [0.2, 0.25) is 11.1 Å². The Balaban J connectivity index is 1.46. The van der Waals surface area contributed by atoms with Crippen LogP contribution in [0.3, 0.4) is 0 Å². The summed E-state index contributed by atoms with van der Waals surface area (Å²) in [4.78, 5) is 23.8. The van der Waals surface area contributed by atoms with Crippen molar-refractivity contribution < 1.29 is 14.3 Å². The monoisotopic (exact) mass is 426 g/mol. The highest BCUT2D eigenvalue weighted by Crippen LogP contribution is 2.29. The maximum absolute atomic E-state index is 12.0. The van der Waals surface area contributed by atoms with Crippen molar-refractivity contribution in [2.75, 3.05) is 18.7 Å². The number of benzene rings is 2. The predicted octanol–water partition coefficient (Wildman–Crippen LogP) is 2.18. The lowest BCUT2D eigenvalue weighted by Crippen LogP contribution is -2.39. The molecule has 1 heterocycles. The van der Waals surface area contributed by atoms with Gasteiger partial charge in [0, 0.05) is 18.7 Å². The van der Waals surface area contributed by atoms with E-state index in [4.69, 9.17) is 10.6 Å². The Labute approximate surface area is 178 Å². The molecular weight excluding hydrogens is 404 g/mol. The summed E-state index contributed by atoms with van der Waals surface area (Å²) in [6.45, 7) is 0.344. The lowest BCUT2D eigenvalue weighted by molar-refractivity contribution is -0.119. The third-order valence-corrected chi connectivity index (χ3v) is 5.07. The molecule has 3 amide bonds. The van der Waals surface area contributed by atoms with Crippen LogP contribution in [-0.2, 0) is 11.3 Å². The van der Waals surface area contributed by atoms with Crippen LogP contribution in [0.25, 0.3) is 11.4 Å². The lowest BCUT2D eigenvalue weighted by atomic mass is 10.2. The van der Waals surface area contributed by atoms with Crippen molar-refractivity contribution in [2.45, 2.75) is 18.1 Å². The van der Waals surface area contributed by atoms with E-state index >= 15 is 0 Å². The molecule has 0 unspecified atom stereocenters. The molecule has 30 heavy (non-hydrogen) atoms. The van der Waals surface area contributed by atoms with Gasteiger partial charge in [0.25, 0.3) is 0 Å². The minimum Gasteiger partial charge on any atom is -0.496 e. The number of carbonyl (C=O) groups excluding carboxylic acids is 2. The number of thioether (sulfide) groups is 1. The van der Waals surface area contributed by atoms with Crippen molar-refractivity contribution in [1.29, 1.82) is 0 Å². The smallest absolute Gasteiger partial charge is 0.321 e. The number of ether oxygens (including phenoxy) is 1. The Hall–Kier alpha value is -3.53. The van der Waals surface area contributed by atoms with Gasteiger partial charge in [-0.05, 0) is 17.7 Å². The number of nitrogen functional groups attached to an aromatic ring is 1. The summed E-state index contributed by atoms with van der Waals surface area (Å²) >= 11 is 1.27. The number of aromatic nitrogens is 3. The molecule has 9 nitrogen and oxygen atoms in total. The van der Waals surface area contributed by atoms with Crippen LogP contribution in [0.15, 0.2) is 59.8 Å². The molecule has 3 rings (SSSR count). The van der Waals surface area contributed by atoms with Gasteiger partial charge in [-0.25, -0.2) is 9.47 Å². The predicted molar refractivity (Wildman–Crippen MR) is 114 cm³/mol. The Bertz CT molecular complexity index is 1010. The summed E-state index contributed by atoms with van der Waals surface area (Å²) in [6, 6.07) is 16.3. The average Bonchev–Trinajstić information content (AvgIpc) is 3.13. The molecule has 0 saturated carbocycles. The van der Waals surface area contributed by atoms with E-state index < -0.39 is 6.03 Å². The summed E-state index contributed by atoms with van der Waals surface area (Å²) in [5, 5.41) is 13.6. The number of methoxy groups -OCH3 is 1. The number of nitrogens with one attached hydrogen (secondary N) is 2. The molecule has 10 heteroatoms. The van der Waals surface area contributed by atoms with Crippen LogP contribution in [0.1, 0.15) is 12.0 Å². The van der Waals surface area contributed by atoms with Gasteiger partial charge in [0.1, 0.15) is 5.75 Å². The maximum Gasteiger partial charge on any atom is 0.321 e. The average molecular weight is 427 g/mol. The molecule has 0 spiro atoms. The highest BCUT2D eigenvalue weighted by atomic mass is 32.2. The summed E-state index contributed by atoms with van der Waals surface area (Å²) < 4.78 is 6.68. The Morgan fingerprint density at radius 3 is 2.60 bits per heavy atom. The molecule has 3 aromatic rings. The fraction of sp³-hybridized carbons (Fsp3) is 0.200. The summed E-state index contributed by atoms with van der Waals surface area (Å²) in [6.07, 6.45) is 0.125. The molecule has 2 aromatic carbocycles. The first-order valence-electron chi connectivity index (χ1n) is 9.16. The van der Waals surface area contributed by atoms with Crippen molar-refractivity contribution in [3.63, 3.8) is 0 Å². The van der Waals surface area contributed by atoms with Gasteiger partial charge < -0.3 is 15.9 Å². The van der Waals surface area contributed by atoms with Gasteiger partial charge in [-0.1, -0.05) is 54.2 Å². The third kappa shape index (κ3) is 5.51. The Morgan fingerprint density at radius 2 is 1.83 bits per heavy atom. The number of rotatable bonds is 8. The molecule has 0 aliphatic carbocycles. The van der Waals surface area contributed by atoms with E-state index in [0.29, 0.717) is 29.0 Å². The van der Waals surface area contributed by atoms with Gasteiger partial charge in [0.15, 0.2) is 5.82 Å². The molecule has 4 N–H and O–H groups in total. The summed E-state index contributed by atoms with van der Waals surface area (Å²) in [5.74, 6) is 7.19. The van der Waals surface area contributed by atoms with Crippen LogP contribution in [0.4, 0.5) is 4.79 Å². The zero-order valence-corrected chi connectivity index (χ0v) is 17.2. The zero-order chi connectivity index (χ0) is 21.3. The number of para-hydroxylation sites is 1. The van der Waals surface area contributed by atoms with Gasteiger partial charge >= 0.3 is 6.03 Å². The van der Waals surface area contributed by atoms with Crippen molar-refractivity contribution in [3.8, 4) is 17.1 Å². The second-order valence-corrected chi connectivity index (χ2v) is 7.25. The van der Waals surface area contributed by atoms with E-state index in [1.165, 1.54) is 16.4 Å². The first kappa shape index (κ1) is 21.2. The maximum atomic E-state index is 12.0. The zero-order valence-electron chi connectivity index (χ0n) is 16.4. The number of imide groups is 1. The molecule has 0 bridgehead atoms. The molecule has 0 saturated heterocycles. The van der Waals surface area contributed by atoms with E-state index in [1.807, 2.05) is 54.6 Å². The van der Waals surface area contributed by atoms with Crippen LogP contribution < -0.4 is 21.2 Å². The highest BCUT2D eigenvalue weighted by Gasteiger charge is 2.16. The number of nitrogens with zero attached hydrogens (tertiary/aromatic N) is 3. The minimum absolute atomic E-state index is 0.125. The minimum atomic E-state index is -0.533. The summed E-state index contributed by atoms with van der Waals surface area (Å²) in [5.41, 5.74) is 1.67. The van der Waals surface area contributed by atoms with Crippen molar-refractivity contribution in [3.05, 3.63) is 60.2 Å². The van der Waals surface area contributed by atoms with Gasteiger partial charge in [-0.15, -0.1) is 10.2 Å². The quantitative estimate of drug-likeness (QED) is 0.372. The Morgan fingerprint density at radius 1 is 1.10 bits per heavy atom. The number of amides is 3. The fourth-order valence-corrected chi connectivity index (χ4v) is 3.43. The molecular formula is C20H22N6O3S. The van der Waals surface area contributed by atoms with E-state index in [2.05, 4.69) is 20.8 Å². The van der Waals surface area contributed by atoms with Crippen LogP contribution in [0.2, 0.25) is 0 Å². The van der Waals surface area contributed by atoms with E-state index in [9.17, 15) is 9.59 Å². The summed E-state index contributed by atoms with van der Waals surface area (Å²) in [7, 11) is 1.57. The normalized spacial score (nSPS) is 10.4. The Kier molecular flexibility index (Phi) is 7.28. The van der Waals surface area contributed by atoms with Crippen LogP contribution in [-0.4, -0.2) is 39.7 Å². The fourth-order valence-electron chi connectivity index (χ4n) is 2.64. The standard InChI is InChI=1S/C20H22N6O3S/c1-29-16-10-6-5-9-15(16)18-24-25-20(26(18)21)30-12-11-17(27)23-19(28)22-13-14-7-3-2-4-8-14/h2-10H,11-13,21H2,1H3,(H2,22,23,27,28). The second kappa shape index (κ2) is 10.3. The van der Waals surface area contributed by atoms with E-state index in [-0.39, 0.29) is 12.3 Å². The van der Waals surface area contributed by atoms with Crippen LogP contribution >= 0.6 is 11.8 Å². The molecule has 0 atom stereocenters. The van der Waals surface area contributed by atoms with Crippen LogP contribution in [0.5, 0.6) is 5.75 Å². The van der Waals surface area contributed by atoms with Crippen molar-refractivity contribution in [1.82, 2.24) is 25.5 Å². The van der Waals surface area contributed by atoms with E-state index in [1.54, 1.807) is 7.11 Å². The molecule has 1 aromatic heterocycles. The number of hydrogen-bond acceptors (Lipinski definition) is 7. The number of nitrogens with two attached hydrogens (primary N) is 1. The number of urea groups is 1. The number of hydrogen-bond donors (Lipinski definition) is 3. The first-order chi connectivity index (χ1) is 14.6. The van der Waals surface area contributed by atoms with E-state index in [0.717, 1.165) is 11.1 Å². The first-order valence-corrected chi connectivity index (χ1v) is 10.2. The van der Waals surface area contributed by atoms with Crippen molar-refractivity contribution >= 4 is 23.7 Å². The van der Waals surface area contributed by atoms with Crippen LogP contribution in [0, 0.1) is 0 Å². The highest BCUT2D eigenvalue weighted by molar-refractivity contribution is 7.99. The largest absolute Gasteiger partial charge is 0.496 e. The van der Waals surface area contributed by atoms with Crippen molar-refractivity contribution in [2.24, 2.45) is 0 Å². The second-order valence-electron chi connectivity index (χ2n) is 6.19. The molecule has 0 aliphatic heterocycles. The molecule has 156 valence electrons. The van der Waals surface area contributed by atoms with Gasteiger partial charge in [-0.2, -0.15) is 0 Å². The third-order valence-electron chi connectivity index (χ3n) is 4.12. The lowest BCUT2D eigenvalue weighted by Gasteiger charge is -2.08. The SMILES string of the molecule is COc1ccccc1-c1nnc(SCCC(=O)NC(=O)NCc2ccccc2)n1N. The van der Waals surface area contributed by atoms with Gasteiger partial charge in [-0.3, -0.25) is 10.1 Å². The molecule has 0 aliphatic rings. The molecule has 0 radical (unpaired) electrons. The topological polar surface area (TPSA) is 124 Å².